The Morgan fingerprint density at radius 1 is 1.10 bits per heavy atom. The molecule has 0 saturated heterocycles. The second-order valence-electron chi connectivity index (χ2n) is 4.14. The minimum Gasteiger partial charge on any atom is -0.485 e. The predicted octanol–water partition coefficient (Wildman–Crippen LogP) is 3.75. The van der Waals surface area contributed by atoms with Crippen LogP contribution in [-0.4, -0.2) is 17.5 Å². The highest BCUT2D eigenvalue weighted by Crippen LogP contribution is 2.21. The monoisotopic (exact) mass is 310 g/mol. The maximum atomic E-state index is 12.0. The summed E-state index contributed by atoms with van der Waals surface area (Å²) in [6.45, 7) is -0.139. The third-order valence-electron chi connectivity index (χ3n) is 2.71. The first-order valence-electron chi connectivity index (χ1n) is 5.91. The van der Waals surface area contributed by atoms with E-state index < -0.39 is 0 Å². The van der Waals surface area contributed by atoms with Crippen LogP contribution in [0.3, 0.4) is 0 Å². The zero-order valence-electron chi connectivity index (χ0n) is 10.5. The van der Waals surface area contributed by atoms with Crippen LogP contribution < -0.4 is 4.74 Å². The van der Waals surface area contributed by atoms with Gasteiger partial charge in [0.15, 0.2) is 6.61 Å². The lowest BCUT2D eigenvalue weighted by molar-refractivity contribution is 0.0921. The molecule has 2 rings (SSSR count). The van der Waals surface area contributed by atoms with Gasteiger partial charge in [-0.15, -0.1) is 0 Å². The molecule has 5 heteroatoms. The Balaban J connectivity index is 2.00. The van der Waals surface area contributed by atoms with Gasteiger partial charge in [-0.2, -0.15) is 0 Å². The minimum atomic E-state index is -0.224. The van der Waals surface area contributed by atoms with Gasteiger partial charge >= 0.3 is 0 Å². The van der Waals surface area contributed by atoms with Crippen molar-refractivity contribution in [2.45, 2.75) is 6.61 Å². The van der Waals surface area contributed by atoms with Crippen molar-refractivity contribution >= 4 is 29.0 Å². The van der Waals surface area contributed by atoms with Crippen molar-refractivity contribution in [3.63, 3.8) is 0 Å². The molecule has 0 radical (unpaired) electrons. The van der Waals surface area contributed by atoms with Crippen molar-refractivity contribution in [3.8, 4) is 5.75 Å². The van der Waals surface area contributed by atoms with Gasteiger partial charge in [-0.25, -0.2) is 0 Å². The molecule has 0 saturated carbocycles. The molecule has 104 valence electrons. The lowest BCUT2D eigenvalue weighted by Gasteiger charge is -2.07. The van der Waals surface area contributed by atoms with Gasteiger partial charge in [0, 0.05) is 10.6 Å². The second kappa shape index (κ2) is 6.75. The Bertz CT molecular complexity index is 609. The summed E-state index contributed by atoms with van der Waals surface area (Å²) in [6.07, 6.45) is 0. The van der Waals surface area contributed by atoms with Crippen molar-refractivity contribution in [2.24, 2.45) is 0 Å². The molecule has 1 N–H and O–H groups in total. The number of ketones is 1. The number of hydrogen-bond donors (Lipinski definition) is 1. The largest absolute Gasteiger partial charge is 0.485 e. The number of rotatable bonds is 5. The highest BCUT2D eigenvalue weighted by atomic mass is 35.5. The van der Waals surface area contributed by atoms with E-state index in [0.717, 1.165) is 5.56 Å². The fourth-order valence-corrected chi connectivity index (χ4v) is 2.15. The molecule has 0 heterocycles. The van der Waals surface area contributed by atoms with Crippen molar-refractivity contribution in [1.29, 1.82) is 0 Å². The van der Waals surface area contributed by atoms with Crippen molar-refractivity contribution in [1.82, 2.24) is 0 Å². The van der Waals surface area contributed by atoms with E-state index in [1.54, 1.807) is 36.4 Å². The van der Waals surface area contributed by atoms with E-state index >= 15 is 0 Å². The molecule has 2 aromatic carbocycles. The second-order valence-corrected chi connectivity index (χ2v) is 4.98. The Morgan fingerprint density at radius 3 is 2.40 bits per heavy atom. The highest BCUT2D eigenvalue weighted by Gasteiger charge is 2.11. The summed E-state index contributed by atoms with van der Waals surface area (Å²) in [5.74, 6) is 0.332. The Kier molecular flexibility index (Phi) is 5.01. The molecule has 0 fully saturated rings. The number of benzene rings is 2. The van der Waals surface area contributed by atoms with Gasteiger partial charge in [0.2, 0.25) is 5.78 Å². The quantitative estimate of drug-likeness (QED) is 0.856. The minimum absolute atomic E-state index is 0.0282. The van der Waals surface area contributed by atoms with Crippen molar-refractivity contribution < 1.29 is 14.6 Å². The fourth-order valence-electron chi connectivity index (χ4n) is 1.63. The standard InChI is InChI=1S/C15H12Cl2O3/c16-11-3-6-13(14(17)7-11)15(19)9-20-12-4-1-10(8-18)2-5-12/h1-7,18H,8-9H2. The molecule has 0 aliphatic rings. The molecule has 0 aliphatic carbocycles. The fraction of sp³-hybridized carbons (Fsp3) is 0.133. The van der Waals surface area contributed by atoms with Crippen molar-refractivity contribution in [2.75, 3.05) is 6.61 Å². The SMILES string of the molecule is O=C(COc1ccc(CO)cc1)c1ccc(Cl)cc1Cl. The third kappa shape index (κ3) is 3.73. The number of aliphatic hydroxyl groups excluding tert-OH is 1. The first kappa shape index (κ1) is 14.9. The smallest absolute Gasteiger partial charge is 0.201 e. The lowest BCUT2D eigenvalue weighted by Crippen LogP contribution is -2.12. The summed E-state index contributed by atoms with van der Waals surface area (Å²) in [5.41, 5.74) is 1.16. The molecule has 0 bridgehead atoms. The van der Waals surface area contributed by atoms with Crippen molar-refractivity contribution in [3.05, 3.63) is 63.6 Å². The lowest BCUT2D eigenvalue weighted by atomic mass is 10.1. The van der Waals surface area contributed by atoms with E-state index in [1.165, 1.54) is 6.07 Å². The van der Waals surface area contributed by atoms with E-state index in [2.05, 4.69) is 0 Å². The number of carbonyl (C=O) groups is 1. The van der Waals surface area contributed by atoms with Gasteiger partial charge < -0.3 is 9.84 Å². The Labute approximate surface area is 126 Å². The van der Waals surface area contributed by atoms with Crippen LogP contribution in [0, 0.1) is 0 Å². The van der Waals surface area contributed by atoms with Crippen LogP contribution in [0.2, 0.25) is 10.0 Å². The Hall–Kier alpha value is -1.55. The first-order chi connectivity index (χ1) is 9.60. The summed E-state index contributed by atoms with van der Waals surface area (Å²) in [4.78, 5) is 12.0. The molecule has 2 aromatic rings. The van der Waals surface area contributed by atoms with Gasteiger partial charge in [-0.1, -0.05) is 35.3 Å². The van der Waals surface area contributed by atoms with E-state index in [0.29, 0.717) is 21.4 Å². The summed E-state index contributed by atoms with van der Waals surface area (Å²) < 4.78 is 5.38. The summed E-state index contributed by atoms with van der Waals surface area (Å²) >= 11 is 11.7. The number of aliphatic hydroxyl groups is 1. The Morgan fingerprint density at radius 2 is 1.80 bits per heavy atom. The summed E-state index contributed by atoms with van der Waals surface area (Å²) in [5, 5.41) is 9.71. The van der Waals surface area contributed by atoms with Crippen LogP contribution >= 0.6 is 23.2 Å². The van der Waals surface area contributed by atoms with Gasteiger partial charge in [-0.05, 0) is 35.9 Å². The average molecular weight is 311 g/mol. The van der Waals surface area contributed by atoms with Crippen LogP contribution in [0.15, 0.2) is 42.5 Å². The number of carbonyl (C=O) groups excluding carboxylic acids is 1. The van der Waals surface area contributed by atoms with E-state index in [-0.39, 0.29) is 19.0 Å². The van der Waals surface area contributed by atoms with Crippen LogP contribution in [0.1, 0.15) is 15.9 Å². The topological polar surface area (TPSA) is 46.5 Å². The van der Waals surface area contributed by atoms with Gasteiger partial charge in [0.05, 0.1) is 11.6 Å². The third-order valence-corrected chi connectivity index (χ3v) is 3.26. The molecule has 0 unspecified atom stereocenters. The molecule has 20 heavy (non-hydrogen) atoms. The predicted molar refractivity (Wildman–Crippen MR) is 78.7 cm³/mol. The van der Waals surface area contributed by atoms with Crippen LogP contribution in [-0.2, 0) is 6.61 Å². The maximum Gasteiger partial charge on any atom is 0.201 e. The summed E-state index contributed by atoms with van der Waals surface area (Å²) in [6, 6.07) is 11.6. The molecule has 0 aromatic heterocycles. The number of Topliss-reactive ketones (excluding diaryl/α,β-unsaturated/α-hetero) is 1. The van der Waals surface area contributed by atoms with Gasteiger partial charge in [0.1, 0.15) is 5.75 Å². The molecule has 0 spiro atoms. The normalized spacial score (nSPS) is 10.3. The molecular formula is C15H12Cl2O3. The van der Waals surface area contributed by atoms with E-state index in [9.17, 15) is 4.79 Å². The highest BCUT2D eigenvalue weighted by molar-refractivity contribution is 6.36. The number of halogens is 2. The maximum absolute atomic E-state index is 12.0. The van der Waals surface area contributed by atoms with Crippen LogP contribution in [0.4, 0.5) is 0 Å². The zero-order valence-corrected chi connectivity index (χ0v) is 12.0. The van der Waals surface area contributed by atoms with E-state index in [4.69, 9.17) is 33.0 Å². The number of hydrogen-bond acceptors (Lipinski definition) is 3. The average Bonchev–Trinajstić information content (AvgIpc) is 2.45. The molecule has 0 atom stereocenters. The van der Waals surface area contributed by atoms with Crippen LogP contribution in [0.5, 0.6) is 5.75 Å². The molecule has 0 amide bonds. The first-order valence-corrected chi connectivity index (χ1v) is 6.66. The van der Waals surface area contributed by atoms with Gasteiger partial charge in [-0.3, -0.25) is 4.79 Å². The molecular weight excluding hydrogens is 299 g/mol. The van der Waals surface area contributed by atoms with E-state index in [1.807, 2.05) is 0 Å². The number of ether oxygens (including phenoxy) is 1. The molecule has 3 nitrogen and oxygen atoms in total. The molecule has 0 aliphatic heterocycles. The van der Waals surface area contributed by atoms with Crippen LogP contribution in [0.25, 0.3) is 0 Å². The summed E-state index contributed by atoms with van der Waals surface area (Å²) in [7, 11) is 0. The zero-order chi connectivity index (χ0) is 14.5. The van der Waals surface area contributed by atoms with Gasteiger partial charge in [0.25, 0.3) is 0 Å².